The third-order valence-corrected chi connectivity index (χ3v) is 4.02. The highest BCUT2D eigenvalue weighted by molar-refractivity contribution is 5.96. The van der Waals surface area contributed by atoms with Crippen molar-refractivity contribution in [3.05, 3.63) is 11.8 Å². The molecule has 0 bridgehead atoms. The molecule has 6 heteroatoms. The second kappa shape index (κ2) is 5.26. The number of carbonyl (C=O) groups excluding carboxylic acids is 2. The van der Waals surface area contributed by atoms with Gasteiger partial charge in [0.05, 0.1) is 5.92 Å². The molecule has 3 rings (SSSR count). The van der Waals surface area contributed by atoms with E-state index in [0.717, 1.165) is 18.7 Å². The number of H-pyrrole nitrogens is 1. The molecule has 1 aromatic rings. The van der Waals surface area contributed by atoms with Crippen LogP contribution in [0.5, 0.6) is 0 Å². The molecule has 0 radical (unpaired) electrons. The number of rotatable bonds is 5. The number of hydrogen-bond donors (Lipinski definition) is 2. The third-order valence-electron chi connectivity index (χ3n) is 4.02. The lowest BCUT2D eigenvalue weighted by Crippen LogP contribution is -2.29. The van der Waals surface area contributed by atoms with E-state index >= 15 is 0 Å². The Morgan fingerprint density at radius 3 is 3.00 bits per heavy atom. The van der Waals surface area contributed by atoms with Crippen molar-refractivity contribution in [3.8, 4) is 0 Å². The van der Waals surface area contributed by atoms with Gasteiger partial charge in [0.1, 0.15) is 0 Å². The second-order valence-electron chi connectivity index (χ2n) is 5.76. The number of amides is 2. The van der Waals surface area contributed by atoms with Gasteiger partial charge < -0.3 is 10.2 Å². The van der Waals surface area contributed by atoms with Crippen molar-refractivity contribution in [1.82, 2.24) is 15.1 Å². The molecular formula is C14H20N4O2. The fourth-order valence-electron chi connectivity index (χ4n) is 2.57. The molecule has 2 amide bonds. The molecule has 1 unspecified atom stereocenters. The topological polar surface area (TPSA) is 78.1 Å². The molecule has 0 aromatic carbocycles. The minimum absolute atomic E-state index is 0.105. The molecule has 1 aliphatic heterocycles. The molecule has 2 heterocycles. The van der Waals surface area contributed by atoms with Gasteiger partial charge in [-0.1, -0.05) is 6.92 Å². The van der Waals surface area contributed by atoms with E-state index in [0.29, 0.717) is 24.7 Å². The van der Waals surface area contributed by atoms with Crippen LogP contribution in [0.15, 0.2) is 6.07 Å². The first-order valence-electron chi connectivity index (χ1n) is 7.28. The Hall–Kier alpha value is -1.85. The van der Waals surface area contributed by atoms with Gasteiger partial charge in [-0.05, 0) is 25.2 Å². The zero-order valence-corrected chi connectivity index (χ0v) is 11.7. The molecule has 0 spiro atoms. The highest BCUT2D eigenvalue weighted by atomic mass is 16.2. The molecule has 2 aliphatic rings. The van der Waals surface area contributed by atoms with E-state index < -0.39 is 0 Å². The van der Waals surface area contributed by atoms with Crippen LogP contribution in [0.2, 0.25) is 0 Å². The number of nitrogens with one attached hydrogen (secondary N) is 2. The highest BCUT2D eigenvalue weighted by Crippen LogP contribution is 2.32. The number of aromatic amines is 1. The van der Waals surface area contributed by atoms with E-state index in [-0.39, 0.29) is 17.7 Å². The number of hydrogen-bond acceptors (Lipinski definition) is 3. The third kappa shape index (κ3) is 2.84. The summed E-state index contributed by atoms with van der Waals surface area (Å²) in [6, 6.07) is 1.83. The summed E-state index contributed by atoms with van der Waals surface area (Å²) in [5.41, 5.74) is 0.984. The molecule has 2 fully saturated rings. The van der Waals surface area contributed by atoms with Crippen LogP contribution in [0.4, 0.5) is 5.82 Å². The van der Waals surface area contributed by atoms with Crippen LogP contribution in [0.1, 0.15) is 31.9 Å². The van der Waals surface area contributed by atoms with Gasteiger partial charge >= 0.3 is 0 Å². The Labute approximate surface area is 117 Å². The van der Waals surface area contributed by atoms with Crippen molar-refractivity contribution in [1.29, 1.82) is 0 Å². The number of carbonyl (C=O) groups is 2. The standard InChI is InChI=1S/C14H20N4O2/c1-2-11-6-12(17-16-11)15-14(20)10-5-13(19)18(8-10)7-9-3-4-9/h6,9-10H,2-5,7-8H2,1H3,(H2,15,16,17,20). The summed E-state index contributed by atoms with van der Waals surface area (Å²) in [5.74, 6) is 0.960. The van der Waals surface area contributed by atoms with Gasteiger partial charge in [-0.2, -0.15) is 5.10 Å². The minimum Gasteiger partial charge on any atom is -0.342 e. The van der Waals surface area contributed by atoms with E-state index in [1.54, 1.807) is 0 Å². The second-order valence-corrected chi connectivity index (χ2v) is 5.76. The van der Waals surface area contributed by atoms with Crippen molar-refractivity contribution in [2.75, 3.05) is 18.4 Å². The maximum atomic E-state index is 12.2. The van der Waals surface area contributed by atoms with Crippen LogP contribution in [0.25, 0.3) is 0 Å². The molecule has 2 N–H and O–H groups in total. The molecule has 1 atom stereocenters. The fourth-order valence-corrected chi connectivity index (χ4v) is 2.57. The van der Waals surface area contributed by atoms with Gasteiger partial charge in [0.15, 0.2) is 5.82 Å². The molecule has 1 aliphatic carbocycles. The predicted octanol–water partition coefficient (Wildman–Crippen LogP) is 1.17. The molecule has 6 nitrogen and oxygen atoms in total. The largest absolute Gasteiger partial charge is 0.342 e. The van der Waals surface area contributed by atoms with Crippen LogP contribution in [-0.2, 0) is 16.0 Å². The summed E-state index contributed by atoms with van der Waals surface area (Å²) in [6.07, 6.45) is 3.60. The van der Waals surface area contributed by atoms with E-state index in [2.05, 4.69) is 15.5 Å². The Kier molecular flexibility index (Phi) is 3.46. The molecule has 1 saturated heterocycles. The summed E-state index contributed by atoms with van der Waals surface area (Å²) in [5, 5.41) is 9.69. The Bertz CT molecular complexity index is 521. The Morgan fingerprint density at radius 1 is 1.55 bits per heavy atom. The summed E-state index contributed by atoms with van der Waals surface area (Å²) >= 11 is 0. The minimum atomic E-state index is -0.247. The van der Waals surface area contributed by atoms with Gasteiger partial charge in [0.25, 0.3) is 0 Å². The highest BCUT2D eigenvalue weighted by Gasteiger charge is 2.37. The van der Waals surface area contributed by atoms with Crippen LogP contribution in [0.3, 0.4) is 0 Å². The van der Waals surface area contributed by atoms with Gasteiger partial charge in [0.2, 0.25) is 11.8 Å². The lowest BCUT2D eigenvalue weighted by atomic mass is 10.1. The van der Waals surface area contributed by atoms with E-state index in [1.807, 2.05) is 17.9 Å². The lowest BCUT2D eigenvalue weighted by molar-refractivity contribution is -0.128. The average Bonchev–Trinajstić information content (AvgIpc) is 3.00. The summed E-state index contributed by atoms with van der Waals surface area (Å²) in [7, 11) is 0. The number of likely N-dealkylation sites (tertiary alicyclic amines) is 1. The van der Waals surface area contributed by atoms with Gasteiger partial charge in [-0.25, -0.2) is 0 Å². The van der Waals surface area contributed by atoms with Crippen molar-refractivity contribution in [2.24, 2.45) is 11.8 Å². The molecule has 108 valence electrons. The van der Waals surface area contributed by atoms with Gasteiger partial charge in [-0.15, -0.1) is 0 Å². The lowest BCUT2D eigenvalue weighted by Gasteiger charge is -2.15. The zero-order chi connectivity index (χ0) is 14.1. The first kappa shape index (κ1) is 13.1. The van der Waals surface area contributed by atoms with E-state index in [4.69, 9.17) is 0 Å². The SMILES string of the molecule is CCc1cc(NC(=O)C2CC(=O)N(CC3CC3)C2)n[nH]1. The Balaban J connectivity index is 1.55. The summed E-state index contributed by atoms with van der Waals surface area (Å²) in [4.78, 5) is 25.9. The number of anilines is 1. The summed E-state index contributed by atoms with van der Waals surface area (Å²) < 4.78 is 0. The quantitative estimate of drug-likeness (QED) is 0.847. The van der Waals surface area contributed by atoms with Crippen molar-refractivity contribution >= 4 is 17.6 Å². The number of aromatic nitrogens is 2. The first-order chi connectivity index (χ1) is 9.65. The van der Waals surface area contributed by atoms with Crippen LogP contribution in [-0.4, -0.2) is 40.0 Å². The van der Waals surface area contributed by atoms with Gasteiger partial charge in [0, 0.05) is 31.3 Å². The predicted molar refractivity (Wildman–Crippen MR) is 74.0 cm³/mol. The molecule has 1 saturated carbocycles. The molecular weight excluding hydrogens is 256 g/mol. The van der Waals surface area contributed by atoms with Crippen LogP contribution < -0.4 is 5.32 Å². The maximum absolute atomic E-state index is 12.2. The normalized spacial score (nSPS) is 22.4. The van der Waals surface area contributed by atoms with Crippen molar-refractivity contribution in [2.45, 2.75) is 32.6 Å². The average molecular weight is 276 g/mol. The Morgan fingerprint density at radius 2 is 2.35 bits per heavy atom. The molecule has 20 heavy (non-hydrogen) atoms. The molecule has 1 aromatic heterocycles. The smallest absolute Gasteiger partial charge is 0.230 e. The van der Waals surface area contributed by atoms with E-state index in [1.165, 1.54) is 12.8 Å². The van der Waals surface area contributed by atoms with Crippen molar-refractivity contribution < 1.29 is 9.59 Å². The fraction of sp³-hybridized carbons (Fsp3) is 0.643. The van der Waals surface area contributed by atoms with Crippen molar-refractivity contribution in [3.63, 3.8) is 0 Å². The number of nitrogens with zero attached hydrogens (tertiary/aromatic N) is 2. The van der Waals surface area contributed by atoms with E-state index in [9.17, 15) is 9.59 Å². The van der Waals surface area contributed by atoms with Crippen LogP contribution in [0, 0.1) is 11.8 Å². The zero-order valence-electron chi connectivity index (χ0n) is 11.7. The monoisotopic (exact) mass is 276 g/mol. The summed E-state index contributed by atoms with van der Waals surface area (Å²) in [6.45, 7) is 3.39. The maximum Gasteiger partial charge on any atom is 0.230 e. The van der Waals surface area contributed by atoms with Crippen LogP contribution >= 0.6 is 0 Å². The number of aryl methyl sites for hydroxylation is 1. The first-order valence-corrected chi connectivity index (χ1v) is 7.28. The van der Waals surface area contributed by atoms with Gasteiger partial charge in [-0.3, -0.25) is 14.7 Å².